The average molecular weight is 127 g/mol. The average Bonchev–Trinajstić information content (AvgIpc) is 1.88. The van der Waals surface area contributed by atoms with E-state index in [-0.39, 0.29) is 0 Å². The Hall–Kier alpha value is -0.530. The molecule has 0 aromatic carbocycles. The SMILES string of the molecule is CC1CCC/C(=N\O)C1. The van der Waals surface area contributed by atoms with Crippen LogP contribution in [0.3, 0.4) is 0 Å². The molecule has 0 aromatic rings. The maximum Gasteiger partial charge on any atom is 0.0573 e. The van der Waals surface area contributed by atoms with E-state index in [2.05, 4.69) is 12.1 Å². The second kappa shape index (κ2) is 2.85. The molecule has 0 saturated heterocycles. The molecule has 0 spiro atoms. The summed E-state index contributed by atoms with van der Waals surface area (Å²) in [5.41, 5.74) is 0.980. The summed E-state index contributed by atoms with van der Waals surface area (Å²) in [5.74, 6) is 0.727. The first-order valence-corrected chi connectivity index (χ1v) is 3.52. The van der Waals surface area contributed by atoms with Gasteiger partial charge < -0.3 is 5.21 Å². The lowest BCUT2D eigenvalue weighted by atomic mass is 9.89. The fourth-order valence-electron chi connectivity index (χ4n) is 1.35. The van der Waals surface area contributed by atoms with E-state index >= 15 is 0 Å². The van der Waals surface area contributed by atoms with E-state index in [1.54, 1.807) is 0 Å². The Kier molecular flexibility index (Phi) is 2.09. The predicted octanol–water partition coefficient (Wildman–Crippen LogP) is 2.03. The quantitative estimate of drug-likeness (QED) is 0.392. The van der Waals surface area contributed by atoms with Crippen LogP contribution in [0.1, 0.15) is 32.6 Å². The van der Waals surface area contributed by atoms with Crippen molar-refractivity contribution in [3.8, 4) is 0 Å². The number of oxime groups is 1. The summed E-state index contributed by atoms with van der Waals surface area (Å²) in [4.78, 5) is 0. The third kappa shape index (κ3) is 1.70. The van der Waals surface area contributed by atoms with Crippen LogP contribution in [0.2, 0.25) is 0 Å². The monoisotopic (exact) mass is 127 g/mol. The third-order valence-electron chi connectivity index (χ3n) is 1.89. The van der Waals surface area contributed by atoms with Gasteiger partial charge in [-0.3, -0.25) is 0 Å². The molecule has 0 aromatic heterocycles. The van der Waals surface area contributed by atoms with Crippen molar-refractivity contribution in [1.82, 2.24) is 0 Å². The van der Waals surface area contributed by atoms with E-state index in [9.17, 15) is 0 Å². The van der Waals surface area contributed by atoms with Crippen molar-refractivity contribution in [3.05, 3.63) is 0 Å². The predicted molar refractivity (Wildman–Crippen MR) is 36.9 cm³/mol. The van der Waals surface area contributed by atoms with Crippen molar-refractivity contribution in [1.29, 1.82) is 0 Å². The highest BCUT2D eigenvalue weighted by Crippen LogP contribution is 2.20. The lowest BCUT2D eigenvalue weighted by molar-refractivity contribution is 0.311. The lowest BCUT2D eigenvalue weighted by Gasteiger charge is -2.17. The van der Waals surface area contributed by atoms with Gasteiger partial charge in [-0.25, -0.2) is 0 Å². The van der Waals surface area contributed by atoms with Crippen molar-refractivity contribution in [2.24, 2.45) is 11.1 Å². The van der Waals surface area contributed by atoms with E-state index in [1.165, 1.54) is 12.8 Å². The molecule has 1 aliphatic rings. The van der Waals surface area contributed by atoms with Gasteiger partial charge in [-0.05, 0) is 31.6 Å². The fourth-order valence-corrected chi connectivity index (χ4v) is 1.35. The van der Waals surface area contributed by atoms with Crippen LogP contribution in [0.5, 0.6) is 0 Å². The number of rotatable bonds is 0. The summed E-state index contributed by atoms with van der Waals surface area (Å²) in [6.07, 6.45) is 4.48. The molecule has 0 radical (unpaired) electrons. The van der Waals surface area contributed by atoms with Gasteiger partial charge in [0.15, 0.2) is 0 Å². The number of hydrogen-bond donors (Lipinski definition) is 1. The zero-order valence-corrected chi connectivity index (χ0v) is 5.80. The highest BCUT2D eigenvalue weighted by Gasteiger charge is 2.13. The van der Waals surface area contributed by atoms with Crippen LogP contribution in [0.25, 0.3) is 0 Å². The topological polar surface area (TPSA) is 32.6 Å². The van der Waals surface area contributed by atoms with Crippen molar-refractivity contribution in [2.45, 2.75) is 32.6 Å². The molecule has 1 unspecified atom stereocenters. The Labute approximate surface area is 55.6 Å². The Balaban J connectivity index is 2.41. The molecule has 2 nitrogen and oxygen atoms in total. The second-order valence-corrected chi connectivity index (χ2v) is 2.87. The van der Waals surface area contributed by atoms with Gasteiger partial charge in [0.05, 0.1) is 5.71 Å². The van der Waals surface area contributed by atoms with Crippen LogP contribution < -0.4 is 0 Å². The largest absolute Gasteiger partial charge is 0.411 e. The van der Waals surface area contributed by atoms with Gasteiger partial charge in [-0.2, -0.15) is 0 Å². The Morgan fingerprint density at radius 3 is 2.89 bits per heavy atom. The minimum atomic E-state index is 0.727. The van der Waals surface area contributed by atoms with E-state index in [0.29, 0.717) is 0 Å². The Morgan fingerprint density at radius 2 is 2.44 bits per heavy atom. The smallest absolute Gasteiger partial charge is 0.0573 e. The van der Waals surface area contributed by atoms with Crippen LogP contribution in [-0.4, -0.2) is 10.9 Å². The lowest BCUT2D eigenvalue weighted by Crippen LogP contribution is -2.12. The van der Waals surface area contributed by atoms with Gasteiger partial charge in [0.1, 0.15) is 0 Å². The first-order chi connectivity index (χ1) is 4.33. The molecule has 0 bridgehead atoms. The minimum Gasteiger partial charge on any atom is -0.411 e. The van der Waals surface area contributed by atoms with Crippen molar-refractivity contribution in [2.75, 3.05) is 0 Å². The highest BCUT2D eigenvalue weighted by molar-refractivity contribution is 5.84. The molecule has 9 heavy (non-hydrogen) atoms. The number of hydrogen-bond acceptors (Lipinski definition) is 2. The molecule has 2 heteroatoms. The molecule has 0 amide bonds. The van der Waals surface area contributed by atoms with E-state index in [4.69, 9.17) is 5.21 Å². The molecule has 1 fully saturated rings. The molecule has 1 N–H and O–H groups in total. The van der Waals surface area contributed by atoms with Gasteiger partial charge in [-0.15, -0.1) is 0 Å². The first-order valence-electron chi connectivity index (χ1n) is 3.52. The zero-order valence-electron chi connectivity index (χ0n) is 5.80. The van der Waals surface area contributed by atoms with Crippen LogP contribution >= 0.6 is 0 Å². The maximum atomic E-state index is 8.40. The summed E-state index contributed by atoms with van der Waals surface area (Å²) in [7, 11) is 0. The van der Waals surface area contributed by atoms with Crippen molar-refractivity contribution < 1.29 is 5.21 Å². The molecular weight excluding hydrogens is 114 g/mol. The Bertz CT molecular complexity index is 120. The van der Waals surface area contributed by atoms with Crippen LogP contribution in [0.15, 0.2) is 5.16 Å². The molecule has 0 aliphatic heterocycles. The van der Waals surface area contributed by atoms with Crippen molar-refractivity contribution in [3.63, 3.8) is 0 Å². The highest BCUT2D eigenvalue weighted by atomic mass is 16.4. The van der Waals surface area contributed by atoms with Gasteiger partial charge in [-0.1, -0.05) is 12.1 Å². The first kappa shape index (κ1) is 6.59. The standard InChI is InChI=1S/C7H13NO/c1-6-3-2-4-7(5-6)8-9/h6,9H,2-5H2,1H3/b8-7+. The summed E-state index contributed by atoms with van der Waals surface area (Å²) in [5, 5.41) is 11.6. The summed E-state index contributed by atoms with van der Waals surface area (Å²) in [6.45, 7) is 2.20. The van der Waals surface area contributed by atoms with Crippen LogP contribution in [-0.2, 0) is 0 Å². The molecule has 1 aliphatic carbocycles. The van der Waals surface area contributed by atoms with E-state index in [1.807, 2.05) is 0 Å². The van der Waals surface area contributed by atoms with Crippen LogP contribution in [0, 0.1) is 5.92 Å². The molecular formula is C7H13NO. The van der Waals surface area contributed by atoms with Crippen LogP contribution in [0.4, 0.5) is 0 Å². The zero-order chi connectivity index (χ0) is 6.69. The molecule has 1 rings (SSSR count). The molecule has 1 atom stereocenters. The van der Waals surface area contributed by atoms with E-state index in [0.717, 1.165) is 24.5 Å². The summed E-state index contributed by atoms with van der Waals surface area (Å²) < 4.78 is 0. The van der Waals surface area contributed by atoms with Gasteiger partial charge in [0, 0.05) is 0 Å². The molecule has 1 saturated carbocycles. The minimum absolute atomic E-state index is 0.727. The van der Waals surface area contributed by atoms with Crippen molar-refractivity contribution >= 4 is 5.71 Å². The number of nitrogens with zero attached hydrogens (tertiary/aromatic N) is 1. The summed E-state index contributed by atoms with van der Waals surface area (Å²) in [6, 6.07) is 0. The van der Waals surface area contributed by atoms with Gasteiger partial charge in [0.2, 0.25) is 0 Å². The third-order valence-corrected chi connectivity index (χ3v) is 1.89. The Morgan fingerprint density at radius 1 is 1.67 bits per heavy atom. The van der Waals surface area contributed by atoms with Gasteiger partial charge >= 0.3 is 0 Å². The summed E-state index contributed by atoms with van der Waals surface area (Å²) >= 11 is 0. The molecule has 52 valence electrons. The normalized spacial score (nSPS) is 33.0. The van der Waals surface area contributed by atoms with E-state index < -0.39 is 0 Å². The fraction of sp³-hybridized carbons (Fsp3) is 0.857. The van der Waals surface area contributed by atoms with Gasteiger partial charge in [0.25, 0.3) is 0 Å². The second-order valence-electron chi connectivity index (χ2n) is 2.87. The maximum absolute atomic E-state index is 8.40. The molecule has 0 heterocycles.